The molecule has 0 bridgehead atoms. The van der Waals surface area contributed by atoms with Crippen molar-refractivity contribution in [3.05, 3.63) is 28.9 Å². The van der Waals surface area contributed by atoms with Crippen molar-refractivity contribution in [2.45, 2.75) is 32.6 Å². The molecule has 122 valence electrons. The number of aromatic nitrogens is 2. The molecule has 1 aliphatic carbocycles. The van der Waals surface area contributed by atoms with Gasteiger partial charge in [-0.15, -0.1) is 11.3 Å². The fraction of sp³-hybridized carbons (Fsp3) is 0.556. The zero-order valence-electron chi connectivity index (χ0n) is 13.8. The van der Waals surface area contributed by atoms with Crippen molar-refractivity contribution in [2.75, 3.05) is 37.6 Å². The second-order valence-corrected chi connectivity index (χ2v) is 7.89. The second-order valence-electron chi connectivity index (χ2n) is 6.81. The van der Waals surface area contributed by atoms with E-state index in [0.717, 1.165) is 32.7 Å². The van der Waals surface area contributed by atoms with E-state index in [-0.39, 0.29) is 0 Å². The number of anilines is 1. The second kappa shape index (κ2) is 6.21. The average Bonchev–Trinajstić information content (AvgIpc) is 2.93. The molecule has 4 nitrogen and oxygen atoms in total. The lowest BCUT2D eigenvalue weighted by Crippen LogP contribution is -2.47. The van der Waals surface area contributed by atoms with Gasteiger partial charge in [0.25, 0.3) is 0 Å². The first-order valence-corrected chi connectivity index (χ1v) is 9.41. The molecule has 23 heavy (non-hydrogen) atoms. The van der Waals surface area contributed by atoms with Crippen LogP contribution in [0.15, 0.2) is 18.5 Å². The van der Waals surface area contributed by atoms with E-state index in [1.54, 1.807) is 11.2 Å². The molecular weight excluding hydrogens is 304 g/mol. The van der Waals surface area contributed by atoms with Crippen LogP contribution >= 0.6 is 11.3 Å². The summed E-state index contributed by atoms with van der Waals surface area (Å²) in [5.74, 6) is 1.17. The summed E-state index contributed by atoms with van der Waals surface area (Å²) < 4.78 is 0. The van der Waals surface area contributed by atoms with Crippen LogP contribution in [0, 0.1) is 0 Å². The maximum atomic E-state index is 4.68. The average molecular weight is 328 g/mol. The lowest BCUT2D eigenvalue weighted by Gasteiger charge is -2.35. The van der Waals surface area contributed by atoms with E-state index in [9.17, 15) is 0 Å². The van der Waals surface area contributed by atoms with Gasteiger partial charge in [0.05, 0.1) is 5.39 Å². The number of thiophene rings is 1. The predicted molar refractivity (Wildman–Crippen MR) is 97.5 cm³/mol. The van der Waals surface area contributed by atoms with Gasteiger partial charge in [0.2, 0.25) is 0 Å². The summed E-state index contributed by atoms with van der Waals surface area (Å²) in [5, 5.41) is 1.35. The predicted octanol–water partition coefficient (Wildman–Crippen LogP) is 3.27. The molecule has 0 unspecified atom stereocenters. The molecular formula is C18H24N4S. The molecule has 0 radical (unpaired) electrons. The summed E-state index contributed by atoms with van der Waals surface area (Å²) >= 11 is 1.89. The lowest BCUT2D eigenvalue weighted by atomic mass is 9.97. The van der Waals surface area contributed by atoms with Crippen molar-refractivity contribution in [1.29, 1.82) is 0 Å². The minimum Gasteiger partial charge on any atom is -0.353 e. The third-order valence-corrected chi connectivity index (χ3v) is 6.10. The number of aryl methyl sites for hydroxylation is 2. The Morgan fingerprint density at radius 3 is 2.74 bits per heavy atom. The van der Waals surface area contributed by atoms with Crippen LogP contribution in [0.3, 0.4) is 0 Å². The number of fused-ring (bicyclic) bond motifs is 3. The van der Waals surface area contributed by atoms with Crippen molar-refractivity contribution < 1.29 is 0 Å². The lowest BCUT2D eigenvalue weighted by molar-refractivity contribution is 0.278. The van der Waals surface area contributed by atoms with Gasteiger partial charge in [-0.25, -0.2) is 9.97 Å². The Hall–Kier alpha value is -1.46. The van der Waals surface area contributed by atoms with Crippen LogP contribution in [-0.2, 0) is 12.8 Å². The van der Waals surface area contributed by atoms with E-state index in [4.69, 9.17) is 0 Å². The van der Waals surface area contributed by atoms with Crippen molar-refractivity contribution in [1.82, 2.24) is 14.9 Å². The fourth-order valence-electron chi connectivity index (χ4n) is 3.81. The Morgan fingerprint density at radius 2 is 1.96 bits per heavy atom. The van der Waals surface area contributed by atoms with Crippen LogP contribution in [0.4, 0.5) is 5.82 Å². The van der Waals surface area contributed by atoms with Gasteiger partial charge in [0.1, 0.15) is 17.0 Å². The molecule has 2 aromatic heterocycles. The standard InChI is InChI=1S/C18H24N4S/c1-13(2)11-21-7-9-22(10-8-21)17-16-14-5-3-4-6-15(14)23-18(16)20-12-19-17/h12H,1,3-11H2,2H3. The Kier molecular flexibility index (Phi) is 4.07. The van der Waals surface area contributed by atoms with E-state index < -0.39 is 0 Å². The molecule has 0 amide bonds. The van der Waals surface area contributed by atoms with Crippen LogP contribution in [0.5, 0.6) is 0 Å². The first-order valence-electron chi connectivity index (χ1n) is 8.59. The Morgan fingerprint density at radius 1 is 1.17 bits per heavy atom. The van der Waals surface area contributed by atoms with Crippen LogP contribution in [0.1, 0.15) is 30.2 Å². The van der Waals surface area contributed by atoms with Crippen molar-refractivity contribution in [3.63, 3.8) is 0 Å². The molecule has 0 saturated carbocycles. The molecule has 1 aliphatic heterocycles. The Labute approximate surface area is 141 Å². The summed E-state index contributed by atoms with van der Waals surface area (Å²) in [6, 6.07) is 0. The monoisotopic (exact) mass is 328 g/mol. The van der Waals surface area contributed by atoms with E-state index in [1.807, 2.05) is 11.3 Å². The highest BCUT2D eigenvalue weighted by Gasteiger charge is 2.24. The molecule has 2 aliphatic rings. The third-order valence-electron chi connectivity index (χ3n) is 4.90. The molecule has 5 heteroatoms. The molecule has 0 atom stereocenters. The number of piperazine rings is 1. The SMILES string of the molecule is C=C(C)CN1CCN(c2ncnc3sc4c(c23)CCCC4)CC1. The molecule has 1 saturated heterocycles. The van der Waals surface area contributed by atoms with Gasteiger partial charge in [0.15, 0.2) is 0 Å². The molecule has 3 heterocycles. The van der Waals surface area contributed by atoms with Crippen LogP contribution in [-0.4, -0.2) is 47.6 Å². The smallest absolute Gasteiger partial charge is 0.141 e. The van der Waals surface area contributed by atoms with Crippen LogP contribution in [0.25, 0.3) is 10.2 Å². The van der Waals surface area contributed by atoms with E-state index in [1.165, 1.54) is 52.9 Å². The molecule has 4 rings (SSSR count). The summed E-state index contributed by atoms with van der Waals surface area (Å²) in [5.41, 5.74) is 2.78. The van der Waals surface area contributed by atoms with E-state index in [0.29, 0.717) is 0 Å². The molecule has 0 N–H and O–H groups in total. The highest BCUT2D eigenvalue weighted by molar-refractivity contribution is 7.19. The third kappa shape index (κ3) is 2.88. The topological polar surface area (TPSA) is 32.3 Å². The fourth-order valence-corrected chi connectivity index (χ4v) is 5.04. The van der Waals surface area contributed by atoms with Crippen molar-refractivity contribution in [3.8, 4) is 0 Å². The molecule has 1 fully saturated rings. The largest absolute Gasteiger partial charge is 0.353 e. The van der Waals surface area contributed by atoms with Gasteiger partial charge in [-0.05, 0) is 38.2 Å². The zero-order chi connectivity index (χ0) is 15.8. The minimum absolute atomic E-state index is 1.01. The maximum Gasteiger partial charge on any atom is 0.141 e. The van der Waals surface area contributed by atoms with Gasteiger partial charge >= 0.3 is 0 Å². The van der Waals surface area contributed by atoms with E-state index >= 15 is 0 Å². The number of nitrogens with zero attached hydrogens (tertiary/aromatic N) is 4. The van der Waals surface area contributed by atoms with Gasteiger partial charge in [-0.2, -0.15) is 0 Å². The minimum atomic E-state index is 1.01. The summed E-state index contributed by atoms with van der Waals surface area (Å²) in [7, 11) is 0. The summed E-state index contributed by atoms with van der Waals surface area (Å²) in [6.07, 6.45) is 6.80. The van der Waals surface area contributed by atoms with Crippen LogP contribution < -0.4 is 4.90 Å². The first kappa shape index (κ1) is 15.1. The molecule has 0 aromatic carbocycles. The maximum absolute atomic E-state index is 4.68. The zero-order valence-corrected chi connectivity index (χ0v) is 14.7. The van der Waals surface area contributed by atoms with Crippen molar-refractivity contribution >= 4 is 27.4 Å². The Balaban J connectivity index is 1.62. The number of hydrogen-bond donors (Lipinski definition) is 0. The van der Waals surface area contributed by atoms with E-state index in [2.05, 4.69) is 33.3 Å². The van der Waals surface area contributed by atoms with Crippen LogP contribution in [0.2, 0.25) is 0 Å². The van der Waals surface area contributed by atoms with Gasteiger partial charge in [-0.1, -0.05) is 12.2 Å². The van der Waals surface area contributed by atoms with Crippen molar-refractivity contribution in [2.24, 2.45) is 0 Å². The van der Waals surface area contributed by atoms with Gasteiger partial charge in [-0.3, -0.25) is 4.90 Å². The quantitative estimate of drug-likeness (QED) is 0.810. The normalized spacial score (nSPS) is 19.1. The number of hydrogen-bond acceptors (Lipinski definition) is 5. The first-order chi connectivity index (χ1) is 11.2. The Bertz CT molecular complexity index is 728. The van der Waals surface area contributed by atoms with Gasteiger partial charge < -0.3 is 4.90 Å². The number of rotatable bonds is 3. The highest BCUT2D eigenvalue weighted by atomic mass is 32.1. The molecule has 0 spiro atoms. The summed E-state index contributed by atoms with van der Waals surface area (Å²) in [6.45, 7) is 11.4. The highest BCUT2D eigenvalue weighted by Crippen LogP contribution is 2.39. The molecule has 2 aromatic rings. The van der Waals surface area contributed by atoms with Gasteiger partial charge in [0, 0.05) is 37.6 Å². The summed E-state index contributed by atoms with van der Waals surface area (Å²) in [4.78, 5) is 16.9.